The van der Waals surface area contributed by atoms with Crippen molar-refractivity contribution in [2.75, 3.05) is 25.1 Å². The molecule has 2 atom stereocenters. The first-order valence-corrected chi connectivity index (χ1v) is 10.0. The number of carbonyl (C=O) groups is 2. The Bertz CT molecular complexity index is 877. The molecule has 0 radical (unpaired) electrons. The van der Waals surface area contributed by atoms with Gasteiger partial charge in [0.2, 0.25) is 0 Å². The number of ether oxygens (including phenoxy) is 1. The van der Waals surface area contributed by atoms with Gasteiger partial charge in [0.15, 0.2) is 16.6 Å². The highest BCUT2D eigenvalue weighted by atomic mass is 32.1. The summed E-state index contributed by atoms with van der Waals surface area (Å²) in [5.74, 6) is -0.958. The summed E-state index contributed by atoms with van der Waals surface area (Å²) in [5, 5.41) is 12.9. The Labute approximate surface area is 167 Å². The van der Waals surface area contributed by atoms with Gasteiger partial charge in [-0.2, -0.15) is 0 Å². The van der Waals surface area contributed by atoms with Gasteiger partial charge < -0.3 is 25.0 Å². The highest BCUT2D eigenvalue weighted by molar-refractivity contribution is 7.15. The Balaban J connectivity index is 1.68. The number of methoxy groups -OCH3 is 1. The van der Waals surface area contributed by atoms with Crippen LogP contribution in [0.15, 0.2) is 0 Å². The molecule has 1 aliphatic rings. The number of rotatable bonds is 6. The molecule has 0 spiro atoms. The molecule has 9 nitrogen and oxygen atoms in total. The van der Waals surface area contributed by atoms with E-state index < -0.39 is 5.97 Å². The Kier molecular flexibility index (Phi) is 5.99. The number of aromatic carboxylic acids is 1. The predicted octanol–water partition coefficient (Wildman–Crippen LogP) is 1.77. The van der Waals surface area contributed by atoms with E-state index in [9.17, 15) is 14.7 Å². The van der Waals surface area contributed by atoms with Gasteiger partial charge in [0.25, 0.3) is 5.91 Å². The molecule has 3 rings (SSSR count). The maximum absolute atomic E-state index is 12.6. The van der Waals surface area contributed by atoms with E-state index >= 15 is 0 Å². The lowest BCUT2D eigenvalue weighted by Gasteiger charge is -2.37. The molecule has 1 fully saturated rings. The van der Waals surface area contributed by atoms with Crippen molar-refractivity contribution in [1.29, 1.82) is 0 Å². The minimum atomic E-state index is -1.02. The summed E-state index contributed by atoms with van der Waals surface area (Å²) in [6.45, 7) is 6.82. The molecule has 2 aromatic rings. The number of carbonyl (C=O) groups excluding carboxylic acids is 1. The van der Waals surface area contributed by atoms with E-state index in [4.69, 9.17) is 4.74 Å². The summed E-state index contributed by atoms with van der Waals surface area (Å²) in [4.78, 5) is 38.1. The molecule has 0 aliphatic carbocycles. The second kappa shape index (κ2) is 8.27. The maximum Gasteiger partial charge on any atom is 0.355 e. The molecule has 1 aliphatic heterocycles. The summed E-state index contributed by atoms with van der Waals surface area (Å²) < 4.78 is 5.60. The van der Waals surface area contributed by atoms with Gasteiger partial charge in [-0.3, -0.25) is 4.79 Å². The van der Waals surface area contributed by atoms with Crippen LogP contribution in [0.2, 0.25) is 0 Å². The SMILES string of the molecule is CCc1nc(C(=O)N[C@@H]2CCN(c3nc(C(=O)O)c(C)s3)C[C@@H]2OC)[nH]c1C. The summed E-state index contributed by atoms with van der Waals surface area (Å²) in [5.41, 5.74) is 1.88. The van der Waals surface area contributed by atoms with Crippen LogP contribution in [0.5, 0.6) is 0 Å². The molecule has 1 saturated heterocycles. The first-order valence-electron chi connectivity index (χ1n) is 9.18. The van der Waals surface area contributed by atoms with E-state index in [2.05, 4.69) is 20.3 Å². The normalized spacial score (nSPS) is 19.6. The lowest BCUT2D eigenvalue weighted by molar-refractivity contribution is 0.0538. The quantitative estimate of drug-likeness (QED) is 0.667. The predicted molar refractivity (Wildman–Crippen MR) is 105 cm³/mol. The zero-order valence-corrected chi connectivity index (χ0v) is 17.2. The number of aromatic amines is 1. The van der Waals surface area contributed by atoms with Crippen molar-refractivity contribution in [3.63, 3.8) is 0 Å². The van der Waals surface area contributed by atoms with Crippen molar-refractivity contribution in [3.8, 4) is 0 Å². The molecule has 0 unspecified atom stereocenters. The Morgan fingerprint density at radius 2 is 2.14 bits per heavy atom. The van der Waals surface area contributed by atoms with Crippen LogP contribution in [0.4, 0.5) is 5.13 Å². The minimum Gasteiger partial charge on any atom is -0.476 e. The molecule has 3 heterocycles. The number of hydrogen-bond acceptors (Lipinski definition) is 7. The Morgan fingerprint density at radius 3 is 2.71 bits per heavy atom. The number of imidazole rings is 1. The number of piperidine rings is 1. The topological polar surface area (TPSA) is 120 Å². The summed E-state index contributed by atoms with van der Waals surface area (Å²) in [6, 6.07) is -0.163. The standard InChI is InChI=1S/C18H25N5O4S/c1-5-11-9(2)19-15(20-11)16(24)21-12-6-7-23(8-13(12)27-4)18-22-14(17(25)26)10(3)28-18/h12-13H,5-8H2,1-4H3,(H,19,20)(H,21,24)(H,25,26)/t12-,13+/m1/s1. The van der Waals surface area contributed by atoms with Crippen molar-refractivity contribution >= 4 is 28.3 Å². The second-order valence-electron chi connectivity index (χ2n) is 6.81. The monoisotopic (exact) mass is 407 g/mol. The van der Waals surface area contributed by atoms with Crippen molar-refractivity contribution in [2.24, 2.45) is 0 Å². The van der Waals surface area contributed by atoms with E-state index in [-0.39, 0.29) is 23.7 Å². The fraction of sp³-hybridized carbons (Fsp3) is 0.556. The molecular formula is C18H25N5O4S. The van der Waals surface area contributed by atoms with E-state index in [1.165, 1.54) is 11.3 Å². The van der Waals surface area contributed by atoms with Gasteiger partial charge in [-0.15, -0.1) is 11.3 Å². The van der Waals surface area contributed by atoms with Crippen LogP contribution < -0.4 is 10.2 Å². The summed E-state index contributed by atoms with van der Waals surface area (Å²) in [6.07, 6.45) is 1.18. The van der Waals surface area contributed by atoms with Gasteiger partial charge in [0.1, 0.15) is 0 Å². The van der Waals surface area contributed by atoms with E-state index in [1.54, 1.807) is 14.0 Å². The fourth-order valence-electron chi connectivity index (χ4n) is 3.40. The van der Waals surface area contributed by atoms with Gasteiger partial charge in [0, 0.05) is 30.8 Å². The van der Waals surface area contributed by atoms with Crippen molar-refractivity contribution in [1.82, 2.24) is 20.3 Å². The van der Waals surface area contributed by atoms with Gasteiger partial charge in [-0.05, 0) is 26.7 Å². The van der Waals surface area contributed by atoms with Crippen LogP contribution in [0, 0.1) is 13.8 Å². The Morgan fingerprint density at radius 1 is 1.39 bits per heavy atom. The van der Waals surface area contributed by atoms with Crippen LogP contribution in [-0.4, -0.2) is 64.3 Å². The van der Waals surface area contributed by atoms with E-state index in [0.29, 0.717) is 35.3 Å². The lowest BCUT2D eigenvalue weighted by atomic mass is 10.0. The molecule has 3 N–H and O–H groups in total. The third-order valence-electron chi connectivity index (χ3n) is 4.97. The number of anilines is 1. The number of carboxylic acid groups (broad SMARTS) is 1. The number of carboxylic acids is 1. The average Bonchev–Trinajstić information content (AvgIpc) is 3.24. The third kappa shape index (κ3) is 4.02. The molecular weight excluding hydrogens is 382 g/mol. The van der Waals surface area contributed by atoms with Crippen LogP contribution in [0.3, 0.4) is 0 Å². The highest BCUT2D eigenvalue weighted by Gasteiger charge is 2.33. The van der Waals surface area contributed by atoms with Gasteiger partial charge in [-0.25, -0.2) is 14.8 Å². The largest absolute Gasteiger partial charge is 0.476 e. The number of H-pyrrole nitrogens is 1. The van der Waals surface area contributed by atoms with Gasteiger partial charge in [-0.1, -0.05) is 6.92 Å². The molecule has 152 valence electrons. The first-order chi connectivity index (χ1) is 13.3. The second-order valence-corrected chi connectivity index (χ2v) is 7.99. The molecule has 0 aromatic carbocycles. The van der Waals surface area contributed by atoms with Crippen molar-refractivity contribution < 1.29 is 19.4 Å². The van der Waals surface area contributed by atoms with Crippen LogP contribution in [0.25, 0.3) is 0 Å². The smallest absolute Gasteiger partial charge is 0.355 e. The number of thiazole rings is 1. The van der Waals surface area contributed by atoms with E-state index in [0.717, 1.165) is 17.8 Å². The first kappa shape index (κ1) is 20.3. The number of hydrogen-bond donors (Lipinski definition) is 3. The molecule has 1 amide bonds. The highest BCUT2D eigenvalue weighted by Crippen LogP contribution is 2.28. The number of nitrogens with zero attached hydrogens (tertiary/aromatic N) is 3. The molecule has 0 saturated carbocycles. The fourth-order valence-corrected chi connectivity index (χ4v) is 4.33. The number of nitrogens with one attached hydrogen (secondary N) is 2. The molecule has 0 bridgehead atoms. The maximum atomic E-state index is 12.6. The third-order valence-corrected chi connectivity index (χ3v) is 6.00. The molecule has 2 aromatic heterocycles. The number of amides is 1. The number of aromatic nitrogens is 3. The number of aryl methyl sites for hydroxylation is 3. The van der Waals surface area contributed by atoms with Crippen LogP contribution in [-0.2, 0) is 11.2 Å². The van der Waals surface area contributed by atoms with Crippen LogP contribution in [0.1, 0.15) is 50.7 Å². The van der Waals surface area contributed by atoms with Gasteiger partial charge >= 0.3 is 5.97 Å². The van der Waals surface area contributed by atoms with E-state index in [1.807, 2.05) is 18.7 Å². The van der Waals surface area contributed by atoms with Crippen LogP contribution >= 0.6 is 11.3 Å². The van der Waals surface area contributed by atoms with Crippen molar-refractivity contribution in [3.05, 3.63) is 27.8 Å². The lowest BCUT2D eigenvalue weighted by Crippen LogP contribution is -2.55. The van der Waals surface area contributed by atoms with Crippen molar-refractivity contribution in [2.45, 2.75) is 45.8 Å². The zero-order valence-electron chi connectivity index (χ0n) is 16.4. The van der Waals surface area contributed by atoms with Gasteiger partial charge in [0.05, 0.1) is 17.8 Å². The summed E-state index contributed by atoms with van der Waals surface area (Å²) in [7, 11) is 1.61. The average molecular weight is 407 g/mol. The summed E-state index contributed by atoms with van der Waals surface area (Å²) >= 11 is 1.36. The molecule has 28 heavy (non-hydrogen) atoms. The minimum absolute atomic E-state index is 0.0873. The molecule has 10 heteroatoms. The zero-order chi connectivity index (χ0) is 20.4. The Hall–Kier alpha value is -2.46.